The Morgan fingerprint density at radius 3 is 2.53 bits per heavy atom. The van der Waals surface area contributed by atoms with E-state index >= 15 is 0 Å². The zero-order valence-corrected chi connectivity index (χ0v) is 26.1. The molecule has 1 saturated heterocycles. The lowest BCUT2D eigenvalue weighted by Crippen LogP contribution is -2.29. The van der Waals surface area contributed by atoms with Crippen LogP contribution in [0.1, 0.15) is 50.2 Å². The van der Waals surface area contributed by atoms with Gasteiger partial charge in [0.1, 0.15) is 12.4 Å². The van der Waals surface area contributed by atoms with Crippen LogP contribution in [0.15, 0.2) is 81.9 Å². The molecule has 1 aromatic heterocycles. The van der Waals surface area contributed by atoms with Gasteiger partial charge >= 0.3 is 22.6 Å². The fraction of sp³-hybridized carbons (Fsp3) is 0.394. The predicted molar refractivity (Wildman–Crippen MR) is 169 cm³/mol. The average molecular weight is 636 g/mol. The molecule has 2 N–H and O–H groups in total. The molecular weight excluding hydrogens is 598 g/mol. The molecule has 1 aliphatic heterocycles. The van der Waals surface area contributed by atoms with Crippen molar-refractivity contribution in [1.82, 2.24) is 13.8 Å². The number of benzene rings is 2. The van der Waals surface area contributed by atoms with Gasteiger partial charge in [-0.1, -0.05) is 36.9 Å². The maximum Gasteiger partial charge on any atom is 0.407 e. The molecule has 2 aromatic carbocycles. The number of hydrogen-bond donors (Lipinski definition) is 2. The van der Waals surface area contributed by atoms with Crippen LogP contribution in [0.3, 0.4) is 0 Å². The minimum atomic E-state index is -0.998. The number of amides is 1. The van der Waals surface area contributed by atoms with Gasteiger partial charge in [-0.05, 0) is 85.9 Å². The molecule has 2 aliphatic rings. The van der Waals surface area contributed by atoms with Crippen molar-refractivity contribution in [3.05, 3.63) is 104 Å². The van der Waals surface area contributed by atoms with Crippen LogP contribution in [0, 0.1) is 5.92 Å². The Bertz CT molecular complexity index is 1700. The molecule has 1 aliphatic carbocycles. The summed E-state index contributed by atoms with van der Waals surface area (Å²) < 4.78 is 19.1. The summed E-state index contributed by atoms with van der Waals surface area (Å²) >= 11 is 0.837. The second-order valence-electron chi connectivity index (χ2n) is 11.6. The van der Waals surface area contributed by atoms with Gasteiger partial charge in [0, 0.05) is 23.7 Å². The quantitative estimate of drug-likeness (QED) is 0.186. The van der Waals surface area contributed by atoms with Gasteiger partial charge in [0.05, 0.1) is 31.0 Å². The number of nitrogens with one attached hydrogen (secondary N) is 1. The second-order valence-corrected chi connectivity index (χ2v) is 12.5. The molecule has 2 heterocycles. The molecule has 3 aromatic rings. The van der Waals surface area contributed by atoms with Crippen molar-refractivity contribution in [2.45, 2.75) is 63.8 Å². The number of allylic oxidation sites excluding steroid dienone is 1. The number of carbonyl (C=O) groups is 2. The Kier molecular flexibility index (Phi) is 9.74. The summed E-state index contributed by atoms with van der Waals surface area (Å²) in [6.45, 7) is 6.29. The number of fused-ring (bicyclic) bond motifs is 1. The number of carbonyl (C=O) groups excluding carboxylic acids is 1. The van der Waals surface area contributed by atoms with Crippen molar-refractivity contribution in [1.29, 1.82) is 0 Å². The van der Waals surface area contributed by atoms with Gasteiger partial charge in [0.15, 0.2) is 0 Å². The Balaban J connectivity index is 1.12. The maximum atomic E-state index is 12.9. The zero-order chi connectivity index (χ0) is 32.1. The van der Waals surface area contributed by atoms with Gasteiger partial charge in [0.25, 0.3) is 0 Å². The van der Waals surface area contributed by atoms with Crippen molar-refractivity contribution < 1.29 is 28.9 Å². The first kappa shape index (κ1) is 32.0. The van der Waals surface area contributed by atoms with Gasteiger partial charge in [0.2, 0.25) is 0 Å². The van der Waals surface area contributed by atoms with Crippen molar-refractivity contribution in [2.75, 3.05) is 13.7 Å². The number of epoxide rings is 1. The molecule has 238 valence electrons. The second kappa shape index (κ2) is 13.7. The van der Waals surface area contributed by atoms with Gasteiger partial charge in [-0.2, -0.15) is 0 Å². The molecule has 0 unspecified atom stereocenters. The first-order chi connectivity index (χ1) is 21.6. The summed E-state index contributed by atoms with van der Waals surface area (Å²) in [6.07, 6.45) is 4.97. The number of carboxylic acids is 1. The van der Waals surface area contributed by atoms with E-state index in [1.54, 1.807) is 31.4 Å². The summed E-state index contributed by atoms with van der Waals surface area (Å²) in [6, 6.07) is 14.2. The van der Waals surface area contributed by atoms with Crippen LogP contribution in [0.4, 0.5) is 4.79 Å². The molecule has 0 bridgehead atoms. The number of aromatic nitrogens is 2. The smallest absolute Gasteiger partial charge is 0.407 e. The zero-order valence-electron chi connectivity index (χ0n) is 25.3. The fourth-order valence-corrected chi connectivity index (χ4v) is 6.33. The van der Waals surface area contributed by atoms with Gasteiger partial charge < -0.3 is 24.6 Å². The highest BCUT2D eigenvalue weighted by Gasteiger charge is 2.52. The molecule has 11 nitrogen and oxygen atoms in total. The first-order valence-electron chi connectivity index (χ1n) is 14.8. The van der Waals surface area contributed by atoms with E-state index in [1.807, 2.05) is 31.2 Å². The van der Waals surface area contributed by atoms with Crippen molar-refractivity contribution in [3.63, 3.8) is 0 Å². The molecular formula is C33H37N3O8S. The maximum absolute atomic E-state index is 12.9. The van der Waals surface area contributed by atoms with Crippen molar-refractivity contribution in [3.8, 4) is 11.4 Å². The highest BCUT2D eigenvalue weighted by molar-refractivity contribution is 7.03. The van der Waals surface area contributed by atoms with Crippen LogP contribution in [0.25, 0.3) is 5.69 Å². The number of methoxy groups -OCH3 is 1. The highest BCUT2D eigenvalue weighted by atomic mass is 32.1. The van der Waals surface area contributed by atoms with Crippen molar-refractivity contribution >= 4 is 23.6 Å². The van der Waals surface area contributed by atoms with Crippen LogP contribution in [-0.4, -0.2) is 51.1 Å². The lowest BCUT2D eigenvalue weighted by molar-refractivity contribution is -0.133. The number of aliphatic carboxylic acids is 1. The Labute approximate surface area is 264 Å². The van der Waals surface area contributed by atoms with E-state index in [9.17, 15) is 24.3 Å². The molecule has 1 fully saturated rings. The van der Waals surface area contributed by atoms with Gasteiger partial charge in [-0.15, -0.1) is 0 Å². The Morgan fingerprint density at radius 2 is 1.84 bits per heavy atom. The van der Waals surface area contributed by atoms with Crippen molar-refractivity contribution in [2.24, 2.45) is 5.92 Å². The van der Waals surface area contributed by atoms with Crippen LogP contribution in [0.5, 0.6) is 5.75 Å². The number of hydrogen-bond acceptors (Lipinski definition) is 8. The molecule has 0 spiro atoms. The number of ether oxygens (including phenoxy) is 3. The van der Waals surface area contributed by atoms with Gasteiger partial charge in [-0.25, -0.2) is 22.9 Å². The van der Waals surface area contributed by atoms with E-state index < -0.39 is 17.8 Å². The van der Waals surface area contributed by atoms with Crippen LogP contribution in [0.2, 0.25) is 0 Å². The SMILES string of the molecule is C=C(C(=O)O)[C@@H]1CC/C(COC(=O)NCc2ccc(Cn3c(=O)sn(-c4ccc(OC)cc4)c3=O)cc2)=C\CC[C@@]2(C)O[C@H]2C1. The summed E-state index contributed by atoms with van der Waals surface area (Å²) in [5, 5.41) is 12.2. The Hall–Kier alpha value is -4.42. The third kappa shape index (κ3) is 7.81. The highest BCUT2D eigenvalue weighted by Crippen LogP contribution is 2.46. The summed E-state index contributed by atoms with van der Waals surface area (Å²) in [5.74, 6) is -0.553. The van der Waals surface area contributed by atoms with Gasteiger partial charge in [-0.3, -0.25) is 4.79 Å². The summed E-state index contributed by atoms with van der Waals surface area (Å²) in [4.78, 5) is 49.2. The van der Waals surface area contributed by atoms with E-state index in [2.05, 4.69) is 18.0 Å². The lowest BCUT2D eigenvalue weighted by Gasteiger charge is -2.19. The number of alkyl carbamates (subject to hydrolysis) is 1. The molecule has 5 rings (SSSR count). The predicted octanol–water partition coefficient (Wildman–Crippen LogP) is 4.65. The number of nitrogens with zero attached hydrogens (tertiary/aromatic N) is 2. The molecule has 1 amide bonds. The third-order valence-electron chi connectivity index (χ3n) is 8.48. The van der Waals surface area contributed by atoms with Crippen LogP contribution in [-0.2, 0) is 27.4 Å². The first-order valence-corrected chi connectivity index (χ1v) is 15.6. The minimum Gasteiger partial charge on any atom is -0.497 e. The normalized spacial score (nSPS) is 22.3. The fourth-order valence-electron chi connectivity index (χ4n) is 5.53. The standard InChI is InChI=1S/C33H37N3O8S/c1-21(29(37)38)25-11-10-24(5-4-16-33(2)28(17-25)44-33)20-43-30(39)34-18-22-6-8-23(9-7-22)19-35-31(40)36(45-32(35)41)26-12-14-27(42-3)15-13-26/h5-9,12-15,25,28H,1,4,10-11,16-20H2,2-3H3,(H,34,39)(H,37,38)/b24-5+/t25-,28+,33-/m1/s1. The summed E-state index contributed by atoms with van der Waals surface area (Å²) in [7, 11) is 1.56. The van der Waals surface area contributed by atoms with E-state index in [0.717, 1.165) is 41.1 Å². The topological polar surface area (TPSA) is 141 Å². The van der Waals surface area contributed by atoms with Crippen LogP contribution < -0.4 is 20.6 Å². The summed E-state index contributed by atoms with van der Waals surface area (Å²) in [5.41, 5.74) is 2.63. The molecule has 12 heteroatoms. The third-order valence-corrected chi connectivity index (χ3v) is 9.41. The monoisotopic (exact) mass is 635 g/mol. The molecule has 0 radical (unpaired) electrons. The largest absolute Gasteiger partial charge is 0.497 e. The van der Waals surface area contributed by atoms with E-state index in [4.69, 9.17) is 14.2 Å². The molecule has 45 heavy (non-hydrogen) atoms. The van der Waals surface area contributed by atoms with Crippen LogP contribution >= 0.6 is 11.5 Å². The number of carboxylic acid groups (broad SMARTS) is 1. The molecule has 0 saturated carbocycles. The minimum absolute atomic E-state index is 0.0457. The Morgan fingerprint density at radius 1 is 1.13 bits per heavy atom. The number of rotatable bonds is 10. The lowest BCUT2D eigenvalue weighted by atomic mass is 9.84. The molecule has 3 atom stereocenters. The van der Waals surface area contributed by atoms with E-state index in [-0.39, 0.29) is 47.8 Å². The van der Waals surface area contributed by atoms with E-state index in [0.29, 0.717) is 30.7 Å². The van der Waals surface area contributed by atoms with E-state index in [1.165, 1.54) is 8.52 Å². The average Bonchev–Trinajstić information content (AvgIpc) is 3.60.